The van der Waals surface area contributed by atoms with Crippen molar-refractivity contribution in [2.24, 2.45) is 0 Å². The summed E-state index contributed by atoms with van der Waals surface area (Å²) in [7, 11) is 0. The monoisotopic (exact) mass is 806 g/mol. The maximum absolute atomic E-state index is 5.54. The molecule has 5 heteroatoms. The van der Waals surface area contributed by atoms with Gasteiger partial charge in [0, 0.05) is 42.1 Å². The number of benzene rings is 10. The Morgan fingerprint density at radius 3 is 1.81 bits per heavy atom. The minimum atomic E-state index is 0.622. The lowest BCUT2D eigenvalue weighted by Gasteiger charge is -2.17. The number of thiophene rings is 1. The number of aromatic nitrogens is 4. The zero-order chi connectivity index (χ0) is 40.7. The molecule has 4 nitrogen and oxygen atoms in total. The molecule has 0 amide bonds. The van der Waals surface area contributed by atoms with Gasteiger partial charge in [-0.1, -0.05) is 158 Å². The van der Waals surface area contributed by atoms with E-state index in [1.54, 1.807) is 0 Å². The molecule has 0 aliphatic carbocycles. The highest BCUT2D eigenvalue weighted by Gasteiger charge is 2.24. The Labute approximate surface area is 360 Å². The van der Waals surface area contributed by atoms with Gasteiger partial charge in [-0.15, -0.1) is 11.3 Å². The molecule has 0 unspecified atom stereocenters. The lowest BCUT2D eigenvalue weighted by molar-refractivity contribution is 1.07. The van der Waals surface area contributed by atoms with Crippen LogP contribution >= 0.6 is 11.3 Å². The first-order valence-corrected chi connectivity index (χ1v) is 21.7. The zero-order valence-corrected chi connectivity index (χ0v) is 34.1. The molecule has 0 saturated heterocycles. The molecule has 13 aromatic rings. The molecule has 3 heterocycles. The van der Waals surface area contributed by atoms with Crippen molar-refractivity contribution in [3.63, 3.8) is 0 Å². The molecule has 3 aromatic heterocycles. The summed E-state index contributed by atoms with van der Waals surface area (Å²) in [6, 6.07) is 73.9. The topological polar surface area (TPSA) is 43.6 Å². The number of nitrogens with zero attached hydrogens (tertiary/aromatic N) is 4. The van der Waals surface area contributed by atoms with Crippen LogP contribution in [0.25, 0.3) is 125 Å². The zero-order valence-electron chi connectivity index (χ0n) is 33.3. The van der Waals surface area contributed by atoms with Crippen LogP contribution in [0.3, 0.4) is 0 Å². The van der Waals surface area contributed by atoms with E-state index in [2.05, 4.69) is 211 Å². The van der Waals surface area contributed by atoms with E-state index in [0.717, 1.165) is 55.3 Å². The molecule has 0 aliphatic rings. The molecular formula is C57H34N4S. The summed E-state index contributed by atoms with van der Waals surface area (Å²) in [4.78, 5) is 16.4. The average molecular weight is 807 g/mol. The number of para-hydroxylation sites is 1. The van der Waals surface area contributed by atoms with Gasteiger partial charge in [0.15, 0.2) is 17.5 Å². The summed E-state index contributed by atoms with van der Waals surface area (Å²) < 4.78 is 4.84. The third-order valence-electron chi connectivity index (χ3n) is 12.4. The van der Waals surface area contributed by atoms with Crippen LogP contribution in [-0.2, 0) is 0 Å². The van der Waals surface area contributed by atoms with Crippen molar-refractivity contribution >= 4 is 85.6 Å². The third kappa shape index (κ3) is 5.49. The van der Waals surface area contributed by atoms with Crippen LogP contribution in [0.1, 0.15) is 0 Å². The fourth-order valence-electron chi connectivity index (χ4n) is 9.50. The highest BCUT2D eigenvalue weighted by Crippen LogP contribution is 2.45. The van der Waals surface area contributed by atoms with E-state index in [9.17, 15) is 0 Å². The van der Waals surface area contributed by atoms with Crippen LogP contribution in [-0.4, -0.2) is 19.5 Å². The summed E-state index contributed by atoms with van der Waals surface area (Å²) >= 11 is 1.81. The van der Waals surface area contributed by atoms with Gasteiger partial charge in [-0.2, -0.15) is 0 Å². The second-order valence-corrected chi connectivity index (χ2v) is 17.1. The highest BCUT2D eigenvalue weighted by molar-refractivity contribution is 7.26. The van der Waals surface area contributed by atoms with Crippen molar-refractivity contribution in [3.05, 3.63) is 206 Å². The SMILES string of the molecule is c1ccc(-c2cccc(-c3nc(-c4ccc5c(ccc6ccccc65)c4)nc(-c4c(-n5c6ccccc6c6cc7ccccc7cc65)ccc5sc6ccccc6c45)n3)c2)cc1. The molecular weight excluding hydrogens is 773 g/mol. The third-order valence-corrected chi connectivity index (χ3v) is 13.5. The van der Waals surface area contributed by atoms with Gasteiger partial charge in [0.2, 0.25) is 0 Å². The van der Waals surface area contributed by atoms with Gasteiger partial charge < -0.3 is 4.57 Å². The molecule has 0 N–H and O–H groups in total. The fourth-order valence-corrected chi connectivity index (χ4v) is 10.6. The van der Waals surface area contributed by atoms with Crippen LogP contribution in [0.15, 0.2) is 206 Å². The van der Waals surface area contributed by atoms with Crippen LogP contribution in [0.4, 0.5) is 0 Å². The molecule has 62 heavy (non-hydrogen) atoms. The quantitative estimate of drug-likeness (QED) is 0.163. The van der Waals surface area contributed by atoms with Gasteiger partial charge >= 0.3 is 0 Å². The van der Waals surface area contributed by atoms with E-state index < -0.39 is 0 Å². The summed E-state index contributed by atoms with van der Waals surface area (Å²) in [5, 5.41) is 11.9. The lowest BCUT2D eigenvalue weighted by atomic mass is 9.99. The Balaban J connectivity index is 1.14. The predicted octanol–water partition coefficient (Wildman–Crippen LogP) is 15.5. The Morgan fingerprint density at radius 2 is 0.952 bits per heavy atom. The summed E-state index contributed by atoms with van der Waals surface area (Å²) in [5.74, 6) is 1.88. The minimum absolute atomic E-state index is 0.622. The van der Waals surface area contributed by atoms with E-state index in [0.29, 0.717) is 17.5 Å². The van der Waals surface area contributed by atoms with E-state index in [1.165, 1.54) is 52.5 Å². The number of hydrogen-bond donors (Lipinski definition) is 0. The normalized spacial score (nSPS) is 11.9. The first-order chi connectivity index (χ1) is 30.7. The predicted molar refractivity (Wildman–Crippen MR) is 261 cm³/mol. The van der Waals surface area contributed by atoms with Crippen LogP contribution in [0, 0.1) is 0 Å². The molecule has 13 rings (SSSR count). The first kappa shape index (κ1) is 34.8. The maximum Gasteiger partial charge on any atom is 0.166 e. The second kappa shape index (κ2) is 13.8. The van der Waals surface area contributed by atoms with E-state index >= 15 is 0 Å². The molecule has 0 fully saturated rings. The summed E-state index contributed by atoms with van der Waals surface area (Å²) in [5.41, 5.74) is 8.37. The smallest absolute Gasteiger partial charge is 0.166 e. The Hall–Kier alpha value is -7.99. The molecule has 0 atom stereocenters. The Bertz CT molecular complexity index is 3940. The van der Waals surface area contributed by atoms with Crippen LogP contribution in [0.2, 0.25) is 0 Å². The van der Waals surface area contributed by atoms with Crippen molar-refractivity contribution in [1.29, 1.82) is 0 Å². The van der Waals surface area contributed by atoms with Gasteiger partial charge in [0.25, 0.3) is 0 Å². The summed E-state index contributed by atoms with van der Waals surface area (Å²) in [6.07, 6.45) is 0. The van der Waals surface area contributed by atoms with Gasteiger partial charge in [0.05, 0.1) is 22.3 Å². The highest BCUT2D eigenvalue weighted by atomic mass is 32.1. The van der Waals surface area contributed by atoms with Crippen molar-refractivity contribution < 1.29 is 0 Å². The lowest BCUT2D eigenvalue weighted by Crippen LogP contribution is -2.04. The van der Waals surface area contributed by atoms with Gasteiger partial charge in [0.1, 0.15) is 0 Å². The fraction of sp³-hybridized carbons (Fsp3) is 0. The molecule has 0 spiro atoms. The van der Waals surface area contributed by atoms with E-state index in [-0.39, 0.29) is 0 Å². The first-order valence-electron chi connectivity index (χ1n) is 20.9. The van der Waals surface area contributed by atoms with Gasteiger partial charge in [-0.25, -0.2) is 15.0 Å². The van der Waals surface area contributed by atoms with Crippen molar-refractivity contribution in [2.45, 2.75) is 0 Å². The molecule has 10 aromatic carbocycles. The van der Waals surface area contributed by atoms with Crippen molar-refractivity contribution in [3.8, 4) is 51.0 Å². The average Bonchev–Trinajstić information content (AvgIpc) is 3.88. The summed E-state index contributed by atoms with van der Waals surface area (Å²) in [6.45, 7) is 0. The number of fused-ring (bicyclic) bond motifs is 10. The van der Waals surface area contributed by atoms with Crippen molar-refractivity contribution in [2.75, 3.05) is 0 Å². The maximum atomic E-state index is 5.54. The Kier molecular flexibility index (Phi) is 7.74. The van der Waals surface area contributed by atoms with E-state index in [1.807, 2.05) is 11.3 Å². The van der Waals surface area contributed by atoms with Crippen LogP contribution < -0.4 is 0 Å². The molecule has 0 saturated carbocycles. The standard InChI is InChI=1S/C57H34N4S/c1-2-13-35(14-3-1)37-18-12-19-41(31-37)55-58-56(42-27-28-44-40(32-42)26-25-36-15-6-7-20-43(36)44)60-57(59-55)54-49(29-30-52-53(54)46-22-9-11-24-51(46)62-52)61-48-23-10-8-21-45(48)47-33-38-16-4-5-17-39(38)34-50(47)61/h1-34H. The molecule has 0 bridgehead atoms. The molecule has 288 valence electrons. The number of rotatable bonds is 5. The Morgan fingerprint density at radius 1 is 0.323 bits per heavy atom. The van der Waals surface area contributed by atoms with Crippen molar-refractivity contribution in [1.82, 2.24) is 19.5 Å². The van der Waals surface area contributed by atoms with Crippen LogP contribution in [0.5, 0.6) is 0 Å². The van der Waals surface area contributed by atoms with Gasteiger partial charge in [-0.05, 0) is 92.0 Å². The molecule has 0 radical (unpaired) electrons. The largest absolute Gasteiger partial charge is 0.308 e. The minimum Gasteiger partial charge on any atom is -0.308 e. The van der Waals surface area contributed by atoms with E-state index in [4.69, 9.17) is 15.0 Å². The second-order valence-electron chi connectivity index (χ2n) is 16.0. The number of hydrogen-bond acceptors (Lipinski definition) is 4. The molecule has 0 aliphatic heterocycles. The van der Waals surface area contributed by atoms with Gasteiger partial charge in [-0.3, -0.25) is 0 Å².